The van der Waals surface area contributed by atoms with Crippen molar-refractivity contribution in [3.8, 4) is 17.2 Å². The normalized spacial score (nSPS) is 16.7. The van der Waals surface area contributed by atoms with Gasteiger partial charge in [-0.25, -0.2) is 0 Å². The number of nitrogens with zero attached hydrogens (tertiary/aromatic N) is 4. The highest BCUT2D eigenvalue weighted by Crippen LogP contribution is 2.51. The fourth-order valence-electron chi connectivity index (χ4n) is 4.63. The molecule has 0 radical (unpaired) electrons. The molecule has 1 aromatic carbocycles. The van der Waals surface area contributed by atoms with Gasteiger partial charge in [0.25, 0.3) is 0 Å². The SMILES string of the molecule is CC(C)C[C@@H](C(N)=O)N([C@@H](c1ccc(-c2cccc3ncccc23)cn1)C(F)(F)F)C1(C#N)CC1. The van der Waals surface area contributed by atoms with Crippen molar-refractivity contribution in [2.24, 2.45) is 11.7 Å². The maximum Gasteiger partial charge on any atom is 0.409 e. The molecule has 182 valence electrons. The molecule has 3 aromatic rings. The van der Waals surface area contributed by atoms with E-state index in [1.807, 2.05) is 30.3 Å². The number of alkyl halides is 3. The Morgan fingerprint density at radius 3 is 2.46 bits per heavy atom. The van der Waals surface area contributed by atoms with Crippen LogP contribution in [-0.4, -0.2) is 38.5 Å². The molecule has 0 spiro atoms. The van der Waals surface area contributed by atoms with Crippen molar-refractivity contribution in [1.29, 1.82) is 5.26 Å². The fourth-order valence-corrected chi connectivity index (χ4v) is 4.63. The molecule has 2 heterocycles. The molecule has 2 atom stereocenters. The molecule has 1 aliphatic carbocycles. The van der Waals surface area contributed by atoms with E-state index in [1.54, 1.807) is 32.2 Å². The lowest BCUT2D eigenvalue weighted by atomic mass is 9.95. The van der Waals surface area contributed by atoms with Crippen molar-refractivity contribution in [3.63, 3.8) is 0 Å². The topological polar surface area (TPSA) is 95.9 Å². The van der Waals surface area contributed by atoms with Crippen LogP contribution in [0.15, 0.2) is 54.9 Å². The molecular formula is C26H26F3N5O. The van der Waals surface area contributed by atoms with Crippen LogP contribution >= 0.6 is 0 Å². The van der Waals surface area contributed by atoms with E-state index in [4.69, 9.17) is 5.73 Å². The van der Waals surface area contributed by atoms with E-state index in [9.17, 15) is 23.2 Å². The molecule has 0 bridgehead atoms. The number of aromatic nitrogens is 2. The molecule has 2 aromatic heterocycles. The first-order valence-electron chi connectivity index (χ1n) is 11.4. The Morgan fingerprint density at radius 2 is 1.91 bits per heavy atom. The number of halogens is 3. The number of hydrogen-bond donors (Lipinski definition) is 1. The Balaban J connectivity index is 1.80. The summed E-state index contributed by atoms with van der Waals surface area (Å²) in [5.74, 6) is -0.983. The minimum absolute atomic E-state index is 0.103. The van der Waals surface area contributed by atoms with Gasteiger partial charge < -0.3 is 5.73 Å². The smallest absolute Gasteiger partial charge is 0.368 e. The highest BCUT2D eigenvalue weighted by atomic mass is 19.4. The van der Waals surface area contributed by atoms with Gasteiger partial charge in [0, 0.05) is 23.3 Å². The number of pyridine rings is 2. The van der Waals surface area contributed by atoms with Gasteiger partial charge in [0.15, 0.2) is 6.04 Å². The first-order chi connectivity index (χ1) is 16.6. The zero-order chi connectivity index (χ0) is 25.4. The quantitative estimate of drug-likeness (QED) is 0.480. The van der Waals surface area contributed by atoms with Crippen LogP contribution in [0.25, 0.3) is 22.0 Å². The third-order valence-corrected chi connectivity index (χ3v) is 6.40. The number of amides is 1. The molecule has 0 unspecified atom stereocenters. The molecule has 35 heavy (non-hydrogen) atoms. The van der Waals surface area contributed by atoms with Crippen LogP contribution in [0.4, 0.5) is 13.2 Å². The summed E-state index contributed by atoms with van der Waals surface area (Å²) in [5, 5.41) is 10.7. The number of nitrogens with two attached hydrogens (primary N) is 1. The predicted octanol–water partition coefficient (Wildman–Crippen LogP) is 5.16. The summed E-state index contributed by atoms with van der Waals surface area (Å²) in [4.78, 5) is 21.9. The van der Waals surface area contributed by atoms with Crippen molar-refractivity contribution in [3.05, 3.63) is 60.6 Å². The van der Waals surface area contributed by atoms with Crippen molar-refractivity contribution < 1.29 is 18.0 Å². The second-order valence-electron chi connectivity index (χ2n) is 9.39. The second kappa shape index (κ2) is 9.27. The average Bonchev–Trinajstić information content (AvgIpc) is 3.61. The second-order valence-corrected chi connectivity index (χ2v) is 9.39. The number of carbonyl (C=O) groups excluding carboxylic acids is 1. The monoisotopic (exact) mass is 481 g/mol. The van der Waals surface area contributed by atoms with Gasteiger partial charge in [0.2, 0.25) is 5.91 Å². The molecule has 0 aliphatic heterocycles. The van der Waals surface area contributed by atoms with Crippen LogP contribution in [0.1, 0.15) is 44.8 Å². The van der Waals surface area contributed by atoms with Crippen molar-refractivity contribution in [2.45, 2.75) is 56.9 Å². The van der Waals surface area contributed by atoms with Crippen molar-refractivity contribution in [2.75, 3.05) is 0 Å². The van der Waals surface area contributed by atoms with Crippen LogP contribution in [0, 0.1) is 17.2 Å². The van der Waals surface area contributed by atoms with E-state index in [1.165, 1.54) is 12.3 Å². The van der Waals surface area contributed by atoms with E-state index in [0.29, 0.717) is 5.56 Å². The minimum atomic E-state index is -4.78. The third kappa shape index (κ3) is 4.84. The lowest BCUT2D eigenvalue weighted by Crippen LogP contribution is -2.56. The first kappa shape index (κ1) is 24.6. The number of hydrogen-bond acceptors (Lipinski definition) is 5. The maximum absolute atomic E-state index is 14.6. The number of rotatable bonds is 8. The summed E-state index contributed by atoms with van der Waals surface area (Å²) >= 11 is 0. The number of primary amides is 1. The molecule has 1 fully saturated rings. The van der Waals surface area contributed by atoms with Crippen LogP contribution < -0.4 is 5.73 Å². The maximum atomic E-state index is 14.6. The van der Waals surface area contributed by atoms with Crippen LogP contribution in [0.3, 0.4) is 0 Å². The van der Waals surface area contributed by atoms with E-state index < -0.39 is 29.7 Å². The van der Waals surface area contributed by atoms with Gasteiger partial charge in [-0.2, -0.15) is 18.4 Å². The Kier molecular flexibility index (Phi) is 6.52. The largest absolute Gasteiger partial charge is 0.409 e. The van der Waals surface area contributed by atoms with E-state index in [-0.39, 0.29) is 30.9 Å². The molecule has 9 heteroatoms. The van der Waals surface area contributed by atoms with Gasteiger partial charge in [0.05, 0.1) is 23.3 Å². The van der Waals surface area contributed by atoms with Gasteiger partial charge in [-0.1, -0.05) is 38.1 Å². The number of fused-ring (bicyclic) bond motifs is 1. The van der Waals surface area contributed by atoms with E-state index >= 15 is 0 Å². The van der Waals surface area contributed by atoms with Crippen molar-refractivity contribution >= 4 is 16.8 Å². The van der Waals surface area contributed by atoms with E-state index in [2.05, 4.69) is 9.97 Å². The molecule has 4 rings (SSSR count). The minimum Gasteiger partial charge on any atom is -0.368 e. The number of benzene rings is 1. The summed E-state index contributed by atoms with van der Waals surface area (Å²) in [6.07, 6.45) is -1.15. The van der Waals surface area contributed by atoms with Crippen molar-refractivity contribution in [1.82, 2.24) is 14.9 Å². The fraction of sp³-hybridized carbons (Fsp3) is 0.385. The van der Waals surface area contributed by atoms with E-state index in [0.717, 1.165) is 21.4 Å². The zero-order valence-electron chi connectivity index (χ0n) is 19.5. The van der Waals surface area contributed by atoms with Crippen LogP contribution in [0.5, 0.6) is 0 Å². The van der Waals surface area contributed by atoms with Gasteiger partial charge in [0.1, 0.15) is 5.54 Å². The Morgan fingerprint density at radius 1 is 1.17 bits per heavy atom. The van der Waals surface area contributed by atoms with Crippen LogP contribution in [0.2, 0.25) is 0 Å². The lowest BCUT2D eigenvalue weighted by Gasteiger charge is -2.40. The lowest BCUT2D eigenvalue weighted by molar-refractivity contribution is -0.201. The average molecular weight is 482 g/mol. The van der Waals surface area contributed by atoms with Gasteiger partial charge in [-0.05, 0) is 48.9 Å². The third-order valence-electron chi connectivity index (χ3n) is 6.40. The van der Waals surface area contributed by atoms with Gasteiger partial charge in [-0.3, -0.25) is 19.7 Å². The summed E-state index contributed by atoms with van der Waals surface area (Å²) in [7, 11) is 0. The molecular weight excluding hydrogens is 455 g/mol. The molecule has 1 saturated carbocycles. The summed E-state index contributed by atoms with van der Waals surface area (Å²) in [6, 6.07) is 10.6. The summed E-state index contributed by atoms with van der Waals surface area (Å²) in [6.45, 7) is 3.60. The Bertz CT molecular complexity index is 1260. The predicted molar refractivity (Wildman–Crippen MR) is 126 cm³/mol. The van der Waals surface area contributed by atoms with Gasteiger partial charge >= 0.3 is 6.18 Å². The molecule has 1 aliphatic rings. The first-order valence-corrected chi connectivity index (χ1v) is 11.4. The number of carbonyl (C=O) groups is 1. The van der Waals surface area contributed by atoms with Gasteiger partial charge in [-0.15, -0.1) is 0 Å². The molecule has 6 nitrogen and oxygen atoms in total. The summed E-state index contributed by atoms with van der Waals surface area (Å²) < 4.78 is 43.8. The highest BCUT2D eigenvalue weighted by molar-refractivity contribution is 5.94. The Labute approximate surface area is 201 Å². The number of nitriles is 1. The standard InChI is InChI=1S/C26H26F3N5O/c1-16(2)13-22(24(31)35)34(25(15-30)10-11-25)23(26(27,28)29)21-9-8-17(14-33-21)18-5-3-7-20-19(18)6-4-12-32-20/h3-9,12,14,16,22-23H,10-11,13H2,1-2H3,(H2,31,35)/t22-,23-/m0/s1. The molecule has 2 N–H and O–H groups in total. The zero-order valence-corrected chi connectivity index (χ0v) is 19.5. The molecule has 0 saturated heterocycles. The molecule has 1 amide bonds. The van der Waals surface area contributed by atoms with Crippen LogP contribution in [-0.2, 0) is 4.79 Å². The summed E-state index contributed by atoms with van der Waals surface area (Å²) in [5.41, 5.74) is 6.09. The highest BCUT2D eigenvalue weighted by Gasteiger charge is 2.61. The Hall–Kier alpha value is -3.51.